The molecule has 2 heteroatoms. The topological polar surface area (TPSA) is 6.48 Å². The fourth-order valence-electron chi connectivity index (χ4n) is 2.22. The maximum atomic E-state index is 2.58. The van der Waals surface area contributed by atoms with Gasteiger partial charge in [-0.2, -0.15) is 0 Å². The van der Waals surface area contributed by atoms with Crippen LogP contribution >= 0.6 is 0 Å². The molecule has 0 aromatic rings. The van der Waals surface area contributed by atoms with Gasteiger partial charge in [0.05, 0.1) is 0 Å². The Balaban J connectivity index is 2.29. The Kier molecular flexibility index (Phi) is 4.39. The molecular weight excluding hydrogens is 172 g/mol. The zero-order chi connectivity index (χ0) is 10.6. The molecule has 1 fully saturated rings. The molecule has 0 aromatic heterocycles. The largest absolute Gasteiger partial charge is 0.307 e. The van der Waals surface area contributed by atoms with Gasteiger partial charge in [0.2, 0.25) is 0 Å². The first kappa shape index (κ1) is 12.0. The first-order valence-electron chi connectivity index (χ1n) is 6.00. The molecule has 1 aliphatic rings. The van der Waals surface area contributed by atoms with E-state index in [1.807, 2.05) is 0 Å². The van der Waals surface area contributed by atoms with Crippen LogP contribution < -0.4 is 0 Å². The second-order valence-electron chi connectivity index (χ2n) is 5.08. The van der Waals surface area contributed by atoms with Crippen molar-refractivity contribution in [1.29, 1.82) is 0 Å². The normalized spacial score (nSPS) is 28.9. The van der Waals surface area contributed by atoms with Crippen LogP contribution in [-0.2, 0) is 0 Å². The molecule has 1 unspecified atom stereocenters. The van der Waals surface area contributed by atoms with E-state index in [2.05, 4.69) is 37.6 Å². The molecule has 84 valence electrons. The summed E-state index contributed by atoms with van der Waals surface area (Å²) in [6.45, 7) is 13.2. The first-order chi connectivity index (χ1) is 6.59. The summed E-state index contributed by atoms with van der Waals surface area (Å²) in [5, 5.41) is 0. The first-order valence-corrected chi connectivity index (χ1v) is 6.00. The van der Waals surface area contributed by atoms with Gasteiger partial charge in [0.25, 0.3) is 0 Å². The number of hydrogen-bond donors (Lipinski definition) is 0. The summed E-state index contributed by atoms with van der Waals surface area (Å²) < 4.78 is 0. The van der Waals surface area contributed by atoms with Crippen molar-refractivity contribution < 1.29 is 0 Å². The summed E-state index contributed by atoms with van der Waals surface area (Å²) in [4.78, 5) is 4.99. The van der Waals surface area contributed by atoms with Gasteiger partial charge in [0.1, 0.15) is 0 Å². The maximum absolute atomic E-state index is 2.58. The van der Waals surface area contributed by atoms with Gasteiger partial charge in [-0.05, 0) is 51.5 Å². The molecule has 0 radical (unpaired) electrons. The molecule has 1 heterocycles. The van der Waals surface area contributed by atoms with Crippen LogP contribution in [0.1, 0.15) is 33.6 Å². The van der Waals surface area contributed by atoms with Gasteiger partial charge in [-0.3, -0.25) is 0 Å². The van der Waals surface area contributed by atoms with Crippen LogP contribution in [0.15, 0.2) is 0 Å². The van der Waals surface area contributed by atoms with E-state index >= 15 is 0 Å². The average molecular weight is 198 g/mol. The Morgan fingerprint density at radius 1 is 1.36 bits per heavy atom. The van der Waals surface area contributed by atoms with Gasteiger partial charge in [-0.1, -0.05) is 20.8 Å². The standard InChI is InChI=1S/C12H26N2/c1-5-13(4)9-7-12(3)8-10-14(6-2)11-12/h5-11H2,1-4H3. The molecule has 0 aromatic carbocycles. The molecular formula is C12H26N2. The average Bonchev–Trinajstić information content (AvgIpc) is 2.57. The number of hydrogen-bond acceptors (Lipinski definition) is 2. The van der Waals surface area contributed by atoms with E-state index in [0.717, 1.165) is 0 Å². The van der Waals surface area contributed by atoms with Crippen molar-refractivity contribution >= 4 is 0 Å². The van der Waals surface area contributed by atoms with Crippen LogP contribution in [-0.4, -0.2) is 49.6 Å². The molecule has 0 N–H and O–H groups in total. The highest BCUT2D eigenvalue weighted by Gasteiger charge is 2.32. The van der Waals surface area contributed by atoms with E-state index in [1.165, 1.54) is 45.6 Å². The van der Waals surface area contributed by atoms with Crippen molar-refractivity contribution in [3.05, 3.63) is 0 Å². The van der Waals surface area contributed by atoms with Crippen molar-refractivity contribution in [3.8, 4) is 0 Å². The zero-order valence-electron chi connectivity index (χ0n) is 10.3. The van der Waals surface area contributed by atoms with E-state index < -0.39 is 0 Å². The van der Waals surface area contributed by atoms with Crippen LogP contribution in [0, 0.1) is 5.41 Å². The highest BCUT2D eigenvalue weighted by molar-refractivity contribution is 4.86. The summed E-state index contributed by atoms with van der Waals surface area (Å²) in [6.07, 6.45) is 2.74. The summed E-state index contributed by atoms with van der Waals surface area (Å²) >= 11 is 0. The molecule has 1 saturated heterocycles. The fourth-order valence-corrected chi connectivity index (χ4v) is 2.22. The van der Waals surface area contributed by atoms with Crippen LogP contribution in [0.25, 0.3) is 0 Å². The van der Waals surface area contributed by atoms with E-state index in [-0.39, 0.29) is 0 Å². The Morgan fingerprint density at radius 3 is 2.57 bits per heavy atom. The molecule has 1 aliphatic heterocycles. The van der Waals surface area contributed by atoms with Crippen molar-refractivity contribution in [1.82, 2.24) is 9.80 Å². The third-order valence-corrected chi connectivity index (χ3v) is 3.72. The quantitative estimate of drug-likeness (QED) is 0.667. The fraction of sp³-hybridized carbons (Fsp3) is 1.00. The minimum Gasteiger partial charge on any atom is -0.307 e. The summed E-state index contributed by atoms with van der Waals surface area (Å²) in [5.74, 6) is 0. The van der Waals surface area contributed by atoms with Crippen molar-refractivity contribution in [2.75, 3.05) is 39.8 Å². The maximum Gasteiger partial charge on any atom is 0.00362 e. The summed E-state index contributed by atoms with van der Waals surface area (Å²) in [5.41, 5.74) is 0.583. The number of nitrogens with zero attached hydrogens (tertiary/aromatic N) is 2. The molecule has 2 nitrogen and oxygen atoms in total. The van der Waals surface area contributed by atoms with Gasteiger partial charge >= 0.3 is 0 Å². The molecule has 0 spiro atoms. The molecule has 0 amide bonds. The van der Waals surface area contributed by atoms with Crippen molar-refractivity contribution in [2.45, 2.75) is 33.6 Å². The smallest absolute Gasteiger partial charge is 0.00362 e. The van der Waals surface area contributed by atoms with Gasteiger partial charge in [-0.25, -0.2) is 0 Å². The third kappa shape index (κ3) is 3.25. The Labute approximate surface area is 89.3 Å². The molecule has 1 rings (SSSR count). The summed E-state index contributed by atoms with van der Waals surface area (Å²) in [7, 11) is 2.22. The lowest BCUT2D eigenvalue weighted by atomic mass is 9.86. The van der Waals surface area contributed by atoms with Gasteiger partial charge in [0, 0.05) is 6.54 Å². The molecule has 0 bridgehead atoms. The monoisotopic (exact) mass is 198 g/mol. The van der Waals surface area contributed by atoms with Gasteiger partial charge in [-0.15, -0.1) is 0 Å². The van der Waals surface area contributed by atoms with Crippen molar-refractivity contribution in [2.24, 2.45) is 5.41 Å². The van der Waals surface area contributed by atoms with Crippen LogP contribution in [0.4, 0.5) is 0 Å². The van der Waals surface area contributed by atoms with Gasteiger partial charge < -0.3 is 9.80 Å². The van der Waals surface area contributed by atoms with Gasteiger partial charge in [0.15, 0.2) is 0 Å². The minimum absolute atomic E-state index is 0.583. The second-order valence-corrected chi connectivity index (χ2v) is 5.08. The predicted octanol–water partition coefficient (Wildman–Crippen LogP) is 2.06. The molecule has 0 saturated carbocycles. The number of rotatable bonds is 5. The van der Waals surface area contributed by atoms with E-state index in [9.17, 15) is 0 Å². The predicted molar refractivity (Wildman–Crippen MR) is 62.6 cm³/mol. The minimum atomic E-state index is 0.583. The second kappa shape index (κ2) is 5.13. The molecule has 0 aliphatic carbocycles. The lowest BCUT2D eigenvalue weighted by molar-refractivity contribution is 0.229. The van der Waals surface area contributed by atoms with Crippen molar-refractivity contribution in [3.63, 3.8) is 0 Å². The van der Waals surface area contributed by atoms with Crippen LogP contribution in [0.5, 0.6) is 0 Å². The number of likely N-dealkylation sites (tertiary alicyclic amines) is 1. The molecule has 1 atom stereocenters. The highest BCUT2D eigenvalue weighted by atomic mass is 15.2. The van der Waals surface area contributed by atoms with E-state index in [0.29, 0.717) is 5.41 Å². The SMILES string of the molecule is CCN(C)CCC1(C)CCN(CC)C1. The lowest BCUT2D eigenvalue weighted by Crippen LogP contribution is -2.29. The lowest BCUT2D eigenvalue weighted by Gasteiger charge is -2.26. The van der Waals surface area contributed by atoms with E-state index in [4.69, 9.17) is 0 Å². The summed E-state index contributed by atoms with van der Waals surface area (Å²) in [6, 6.07) is 0. The Morgan fingerprint density at radius 2 is 2.07 bits per heavy atom. The Bertz CT molecular complexity index is 170. The van der Waals surface area contributed by atoms with E-state index in [1.54, 1.807) is 0 Å². The Hall–Kier alpha value is -0.0800. The zero-order valence-corrected chi connectivity index (χ0v) is 10.3. The molecule has 14 heavy (non-hydrogen) atoms. The third-order valence-electron chi connectivity index (χ3n) is 3.72. The van der Waals surface area contributed by atoms with Crippen LogP contribution in [0.2, 0.25) is 0 Å². The highest BCUT2D eigenvalue weighted by Crippen LogP contribution is 2.33. The van der Waals surface area contributed by atoms with Crippen LogP contribution in [0.3, 0.4) is 0 Å².